The maximum absolute atomic E-state index is 12.6. The Morgan fingerprint density at radius 3 is 1.93 bits per heavy atom. The number of halogens is 6. The first-order valence-electron chi connectivity index (χ1n) is 3.62. The van der Waals surface area contributed by atoms with Crippen LogP contribution in [0.5, 0.6) is 5.75 Å². The summed E-state index contributed by atoms with van der Waals surface area (Å²) in [6, 6.07) is 1.91. The molecule has 0 heterocycles. The third-order valence-corrected chi connectivity index (χ3v) is 2.29. The maximum atomic E-state index is 12.6. The summed E-state index contributed by atoms with van der Waals surface area (Å²) in [6.45, 7) is 0. The highest BCUT2D eigenvalue weighted by Gasteiger charge is 2.39. The van der Waals surface area contributed by atoms with E-state index < -0.39 is 27.7 Å². The molecule has 0 spiro atoms. The lowest BCUT2D eigenvalue weighted by molar-refractivity contribution is -0.160. The highest BCUT2D eigenvalue weighted by molar-refractivity contribution is 14.1. The van der Waals surface area contributed by atoms with Gasteiger partial charge in [-0.2, -0.15) is 13.2 Å². The van der Waals surface area contributed by atoms with E-state index >= 15 is 0 Å². The predicted octanol–water partition coefficient (Wildman–Crippen LogP) is 3.67. The lowest BCUT2D eigenvalue weighted by Crippen LogP contribution is -2.28. The molecule has 1 aromatic rings. The molecule has 0 aliphatic heterocycles. The van der Waals surface area contributed by atoms with Gasteiger partial charge in [-0.05, 0) is 22.6 Å². The van der Waals surface area contributed by atoms with Crippen LogP contribution in [0.4, 0.5) is 22.0 Å². The lowest BCUT2D eigenvalue weighted by atomic mass is 10.3. The molecule has 0 aromatic heterocycles. The van der Waals surface area contributed by atoms with Gasteiger partial charge in [0.2, 0.25) is 4.11 Å². The molecule has 0 aliphatic carbocycles. The fourth-order valence-corrected chi connectivity index (χ4v) is 1.08. The van der Waals surface area contributed by atoms with Crippen molar-refractivity contribution in [2.75, 3.05) is 0 Å². The van der Waals surface area contributed by atoms with Gasteiger partial charge in [0.1, 0.15) is 17.4 Å². The monoisotopic (exact) mass is 338 g/mol. The molecule has 7 heteroatoms. The van der Waals surface area contributed by atoms with Gasteiger partial charge in [-0.15, -0.1) is 0 Å². The first-order valence-corrected chi connectivity index (χ1v) is 4.87. The van der Waals surface area contributed by atoms with Crippen LogP contribution in [0.3, 0.4) is 0 Å². The van der Waals surface area contributed by atoms with Crippen molar-refractivity contribution >= 4 is 22.6 Å². The minimum Gasteiger partial charge on any atom is -0.470 e. The minimum atomic E-state index is -4.58. The van der Waals surface area contributed by atoms with Crippen molar-refractivity contribution in [3.05, 3.63) is 29.8 Å². The summed E-state index contributed by atoms with van der Waals surface area (Å²) in [4.78, 5) is 0. The first kappa shape index (κ1) is 12.5. The summed E-state index contributed by atoms with van der Waals surface area (Å²) in [5.74, 6) is -2.48. The van der Waals surface area contributed by atoms with Crippen LogP contribution in [-0.2, 0) is 0 Å². The van der Waals surface area contributed by atoms with Crippen LogP contribution in [-0.4, -0.2) is 10.3 Å². The van der Waals surface area contributed by atoms with Crippen LogP contribution in [0, 0.1) is 11.6 Å². The van der Waals surface area contributed by atoms with E-state index in [2.05, 4.69) is 4.74 Å². The number of hydrogen-bond donors (Lipinski definition) is 0. The fourth-order valence-electron chi connectivity index (χ4n) is 0.783. The molecule has 1 aromatic carbocycles. The topological polar surface area (TPSA) is 9.23 Å². The van der Waals surface area contributed by atoms with Crippen molar-refractivity contribution in [3.8, 4) is 5.75 Å². The number of ether oxygens (including phenoxy) is 1. The third kappa shape index (κ3) is 3.80. The average molecular weight is 338 g/mol. The molecule has 0 saturated carbocycles. The molecule has 1 rings (SSSR count). The Morgan fingerprint density at radius 2 is 1.53 bits per heavy atom. The Morgan fingerprint density at radius 1 is 1.07 bits per heavy atom. The Hall–Kier alpha value is -0.600. The van der Waals surface area contributed by atoms with Crippen molar-refractivity contribution in [2.24, 2.45) is 0 Å². The molecular formula is C8H4F5IO. The molecule has 15 heavy (non-hydrogen) atoms. The summed E-state index contributed by atoms with van der Waals surface area (Å²) < 4.78 is 63.4. The largest absolute Gasteiger partial charge is 0.470 e. The second-order valence-electron chi connectivity index (χ2n) is 2.58. The molecule has 84 valence electrons. The molecule has 1 unspecified atom stereocenters. The molecule has 1 nitrogen and oxygen atoms in total. The van der Waals surface area contributed by atoms with E-state index in [0.717, 1.165) is 22.6 Å². The molecule has 0 radical (unpaired) electrons. The van der Waals surface area contributed by atoms with Gasteiger partial charge < -0.3 is 4.74 Å². The van der Waals surface area contributed by atoms with Crippen molar-refractivity contribution < 1.29 is 26.7 Å². The van der Waals surface area contributed by atoms with E-state index in [9.17, 15) is 22.0 Å². The van der Waals surface area contributed by atoms with Gasteiger partial charge in [-0.1, -0.05) is 0 Å². The summed E-state index contributed by atoms with van der Waals surface area (Å²) in [7, 11) is 0. The van der Waals surface area contributed by atoms with Crippen LogP contribution >= 0.6 is 22.6 Å². The van der Waals surface area contributed by atoms with Gasteiger partial charge in [0, 0.05) is 18.2 Å². The van der Waals surface area contributed by atoms with E-state index in [4.69, 9.17) is 0 Å². The van der Waals surface area contributed by atoms with Gasteiger partial charge in [0.25, 0.3) is 0 Å². The highest BCUT2D eigenvalue weighted by Crippen LogP contribution is 2.29. The predicted molar refractivity (Wildman–Crippen MR) is 50.8 cm³/mol. The Kier molecular flexibility index (Phi) is 3.74. The van der Waals surface area contributed by atoms with E-state index in [1.807, 2.05) is 0 Å². The quantitative estimate of drug-likeness (QED) is 0.454. The Bertz CT molecular complexity index is 331. The van der Waals surface area contributed by atoms with E-state index in [1.54, 1.807) is 0 Å². The Balaban J connectivity index is 2.81. The Labute approximate surface area is 95.4 Å². The molecule has 0 saturated heterocycles. The second kappa shape index (κ2) is 4.50. The summed E-state index contributed by atoms with van der Waals surface area (Å²) in [5.41, 5.74) is 0. The maximum Gasteiger partial charge on any atom is 0.434 e. The first-order chi connectivity index (χ1) is 6.79. The standard InChI is InChI=1S/C8H4F5IO/c9-4-1-5(10)3-6(2-4)15-7(14)8(11,12)13/h1-3,7H. The zero-order chi connectivity index (χ0) is 11.6. The van der Waals surface area contributed by atoms with Gasteiger partial charge in [-0.3, -0.25) is 0 Å². The normalized spacial score (nSPS) is 13.7. The second-order valence-corrected chi connectivity index (χ2v) is 3.71. The molecule has 0 bridgehead atoms. The number of hydrogen-bond acceptors (Lipinski definition) is 1. The lowest BCUT2D eigenvalue weighted by Gasteiger charge is -2.15. The molecule has 0 aliphatic rings. The average Bonchev–Trinajstić information content (AvgIpc) is 1.99. The summed E-state index contributed by atoms with van der Waals surface area (Å²) in [6.07, 6.45) is -4.58. The van der Waals surface area contributed by atoms with Crippen molar-refractivity contribution in [1.29, 1.82) is 0 Å². The van der Waals surface area contributed by atoms with Crippen LogP contribution in [0.1, 0.15) is 0 Å². The zero-order valence-corrected chi connectivity index (χ0v) is 9.14. The van der Waals surface area contributed by atoms with E-state index in [-0.39, 0.29) is 0 Å². The number of rotatable bonds is 2. The third-order valence-electron chi connectivity index (χ3n) is 1.33. The summed E-state index contributed by atoms with van der Waals surface area (Å²) >= 11 is 0.983. The van der Waals surface area contributed by atoms with Crippen LogP contribution < -0.4 is 4.74 Å². The van der Waals surface area contributed by atoms with Crippen LogP contribution in [0.25, 0.3) is 0 Å². The molecule has 1 atom stereocenters. The molecular weight excluding hydrogens is 334 g/mol. The van der Waals surface area contributed by atoms with Crippen LogP contribution in [0.2, 0.25) is 0 Å². The van der Waals surface area contributed by atoms with Crippen molar-refractivity contribution in [2.45, 2.75) is 10.3 Å². The van der Waals surface area contributed by atoms with Gasteiger partial charge >= 0.3 is 6.18 Å². The van der Waals surface area contributed by atoms with E-state index in [0.29, 0.717) is 18.2 Å². The molecule has 0 N–H and O–H groups in total. The van der Waals surface area contributed by atoms with Gasteiger partial charge in [0.05, 0.1) is 0 Å². The smallest absolute Gasteiger partial charge is 0.434 e. The van der Waals surface area contributed by atoms with E-state index in [1.165, 1.54) is 0 Å². The van der Waals surface area contributed by atoms with Crippen molar-refractivity contribution in [1.82, 2.24) is 0 Å². The minimum absolute atomic E-state index is 0.496. The van der Waals surface area contributed by atoms with Crippen LogP contribution in [0.15, 0.2) is 18.2 Å². The zero-order valence-electron chi connectivity index (χ0n) is 6.99. The number of benzene rings is 1. The van der Waals surface area contributed by atoms with Gasteiger partial charge in [-0.25, -0.2) is 8.78 Å². The summed E-state index contributed by atoms with van der Waals surface area (Å²) in [5, 5.41) is 0. The van der Waals surface area contributed by atoms with Crippen molar-refractivity contribution in [3.63, 3.8) is 0 Å². The molecule has 0 amide bonds. The fraction of sp³-hybridized carbons (Fsp3) is 0.250. The SMILES string of the molecule is Fc1cc(F)cc(OC(I)C(F)(F)F)c1. The molecule has 0 fully saturated rings. The highest BCUT2D eigenvalue weighted by atomic mass is 127. The van der Waals surface area contributed by atoms with Gasteiger partial charge in [0.15, 0.2) is 0 Å². The number of alkyl halides is 4.